The van der Waals surface area contributed by atoms with Gasteiger partial charge in [0, 0.05) is 19.5 Å². The normalized spacial score (nSPS) is 16.1. The highest BCUT2D eigenvalue weighted by atomic mass is 16.5. The number of carbonyl (C=O) groups excluding carboxylic acids is 1. The van der Waals surface area contributed by atoms with Crippen molar-refractivity contribution in [3.05, 3.63) is 59.2 Å². The second-order valence-electron chi connectivity index (χ2n) is 7.50. The van der Waals surface area contributed by atoms with Crippen LogP contribution in [0.15, 0.2) is 42.5 Å². The average molecular weight is 397 g/mol. The molecule has 0 radical (unpaired) electrons. The van der Waals surface area contributed by atoms with Crippen molar-refractivity contribution < 1.29 is 24.2 Å². The van der Waals surface area contributed by atoms with Gasteiger partial charge in [0.1, 0.15) is 24.7 Å². The smallest absolute Gasteiger partial charge is 0.308 e. The van der Waals surface area contributed by atoms with Crippen LogP contribution < -0.4 is 9.47 Å². The molecule has 154 valence electrons. The molecule has 6 nitrogen and oxygen atoms in total. The Bertz CT molecular complexity index is 859. The number of carboxylic acid groups (broad SMARTS) is 1. The highest BCUT2D eigenvalue weighted by Crippen LogP contribution is 2.20. The summed E-state index contributed by atoms with van der Waals surface area (Å²) in [5, 5.41) is 9.07. The highest BCUT2D eigenvalue weighted by Gasteiger charge is 2.33. The standard InChI is InChI=1S/C23H27NO5/c1-16-10-17(2)12-21(11-16)29-9-8-28-20-5-3-4-18(13-20)6-7-24-15-19(23(26)27)14-22(24)25/h3-5,10-13,19H,6-9,14-15H2,1-2H3,(H,26,27). The maximum Gasteiger partial charge on any atom is 0.308 e. The molecule has 1 atom stereocenters. The number of carboxylic acids is 1. The number of benzene rings is 2. The molecule has 2 aromatic rings. The number of likely N-dealkylation sites (tertiary alicyclic amines) is 1. The first-order valence-electron chi connectivity index (χ1n) is 9.84. The Balaban J connectivity index is 1.44. The Hall–Kier alpha value is -3.02. The van der Waals surface area contributed by atoms with E-state index in [1.54, 1.807) is 4.90 Å². The largest absolute Gasteiger partial charge is 0.490 e. The molecule has 1 saturated heterocycles. The Morgan fingerprint density at radius 1 is 1.07 bits per heavy atom. The number of carbonyl (C=O) groups is 2. The van der Waals surface area contributed by atoms with Gasteiger partial charge in [-0.15, -0.1) is 0 Å². The zero-order valence-corrected chi connectivity index (χ0v) is 16.9. The topological polar surface area (TPSA) is 76.1 Å². The van der Waals surface area contributed by atoms with Gasteiger partial charge < -0.3 is 19.5 Å². The molecular formula is C23H27NO5. The Kier molecular flexibility index (Phi) is 6.75. The van der Waals surface area contributed by atoms with Crippen molar-refractivity contribution in [2.75, 3.05) is 26.3 Å². The van der Waals surface area contributed by atoms with Crippen LogP contribution in [0.4, 0.5) is 0 Å². The lowest BCUT2D eigenvalue weighted by atomic mass is 10.1. The van der Waals surface area contributed by atoms with Gasteiger partial charge in [0.2, 0.25) is 5.91 Å². The van der Waals surface area contributed by atoms with E-state index in [0.29, 0.717) is 32.7 Å². The van der Waals surface area contributed by atoms with E-state index in [4.69, 9.17) is 14.6 Å². The number of aliphatic carboxylic acids is 1. The fraction of sp³-hybridized carbons (Fsp3) is 0.391. The molecule has 0 saturated carbocycles. The third kappa shape index (κ3) is 5.98. The fourth-order valence-electron chi connectivity index (χ4n) is 3.54. The molecular weight excluding hydrogens is 370 g/mol. The first-order valence-corrected chi connectivity index (χ1v) is 9.84. The molecule has 0 spiro atoms. The molecule has 1 N–H and O–H groups in total. The molecule has 0 aromatic heterocycles. The molecule has 1 amide bonds. The quantitative estimate of drug-likeness (QED) is 0.658. The summed E-state index contributed by atoms with van der Waals surface area (Å²) in [5.41, 5.74) is 3.38. The van der Waals surface area contributed by atoms with E-state index in [2.05, 4.69) is 6.07 Å². The van der Waals surface area contributed by atoms with Crippen molar-refractivity contribution in [2.24, 2.45) is 5.92 Å². The first kappa shape index (κ1) is 20.7. The second-order valence-corrected chi connectivity index (χ2v) is 7.50. The number of amides is 1. The van der Waals surface area contributed by atoms with Crippen LogP contribution >= 0.6 is 0 Å². The molecule has 1 unspecified atom stereocenters. The SMILES string of the molecule is Cc1cc(C)cc(OCCOc2cccc(CCN3CC(C(=O)O)CC3=O)c2)c1. The van der Waals surface area contributed by atoms with Crippen LogP contribution in [-0.4, -0.2) is 48.2 Å². The van der Waals surface area contributed by atoms with Crippen molar-refractivity contribution in [1.82, 2.24) is 4.90 Å². The Labute approximate surface area is 171 Å². The average Bonchev–Trinajstić information content (AvgIpc) is 3.04. The molecule has 0 aliphatic carbocycles. The highest BCUT2D eigenvalue weighted by molar-refractivity contribution is 5.86. The summed E-state index contributed by atoms with van der Waals surface area (Å²) in [7, 11) is 0. The zero-order valence-electron chi connectivity index (χ0n) is 16.9. The van der Waals surface area contributed by atoms with E-state index in [1.165, 1.54) is 11.1 Å². The van der Waals surface area contributed by atoms with Crippen LogP contribution in [0.25, 0.3) is 0 Å². The number of ether oxygens (including phenoxy) is 2. The van der Waals surface area contributed by atoms with E-state index in [-0.39, 0.29) is 12.3 Å². The fourth-order valence-corrected chi connectivity index (χ4v) is 3.54. The number of hydrogen-bond acceptors (Lipinski definition) is 4. The molecule has 0 bridgehead atoms. The van der Waals surface area contributed by atoms with E-state index in [0.717, 1.165) is 17.1 Å². The maximum atomic E-state index is 11.9. The van der Waals surface area contributed by atoms with Gasteiger partial charge in [0.15, 0.2) is 0 Å². The van der Waals surface area contributed by atoms with Gasteiger partial charge in [0.05, 0.1) is 5.92 Å². The summed E-state index contributed by atoms with van der Waals surface area (Å²) in [6.07, 6.45) is 0.757. The summed E-state index contributed by atoms with van der Waals surface area (Å²) < 4.78 is 11.5. The molecule has 6 heteroatoms. The molecule has 1 aliphatic heterocycles. The van der Waals surface area contributed by atoms with Crippen molar-refractivity contribution in [3.63, 3.8) is 0 Å². The lowest BCUT2D eigenvalue weighted by Gasteiger charge is -2.16. The van der Waals surface area contributed by atoms with Gasteiger partial charge in [-0.25, -0.2) is 0 Å². The minimum absolute atomic E-state index is 0.0895. The summed E-state index contributed by atoms with van der Waals surface area (Å²) in [6, 6.07) is 13.8. The minimum atomic E-state index is -0.903. The summed E-state index contributed by atoms with van der Waals surface area (Å²) in [6.45, 7) is 5.77. The van der Waals surface area contributed by atoms with Crippen molar-refractivity contribution >= 4 is 11.9 Å². The van der Waals surface area contributed by atoms with E-state index < -0.39 is 11.9 Å². The lowest BCUT2D eigenvalue weighted by Crippen LogP contribution is -2.28. The van der Waals surface area contributed by atoms with E-state index >= 15 is 0 Å². The predicted octanol–water partition coefficient (Wildman–Crippen LogP) is 3.24. The molecule has 1 heterocycles. The lowest BCUT2D eigenvalue weighted by molar-refractivity contribution is -0.141. The van der Waals surface area contributed by atoms with Gasteiger partial charge in [-0.2, -0.15) is 0 Å². The first-order chi connectivity index (χ1) is 13.9. The van der Waals surface area contributed by atoms with Crippen LogP contribution in [0.2, 0.25) is 0 Å². The summed E-state index contributed by atoms with van der Waals surface area (Å²) in [5.74, 6) is 0.0134. The molecule has 1 fully saturated rings. The minimum Gasteiger partial charge on any atom is -0.490 e. The molecule has 2 aromatic carbocycles. The van der Waals surface area contributed by atoms with E-state index in [1.807, 2.05) is 50.2 Å². The van der Waals surface area contributed by atoms with E-state index in [9.17, 15) is 9.59 Å². The van der Waals surface area contributed by atoms with Crippen LogP contribution in [0.1, 0.15) is 23.1 Å². The molecule has 29 heavy (non-hydrogen) atoms. The second kappa shape index (κ2) is 9.45. The summed E-state index contributed by atoms with van der Waals surface area (Å²) in [4.78, 5) is 24.6. The Morgan fingerprint density at radius 2 is 1.76 bits per heavy atom. The van der Waals surface area contributed by atoms with Gasteiger partial charge in [-0.05, 0) is 61.2 Å². The number of hydrogen-bond donors (Lipinski definition) is 1. The third-order valence-corrected chi connectivity index (χ3v) is 4.95. The number of aryl methyl sites for hydroxylation is 2. The van der Waals surface area contributed by atoms with Crippen LogP contribution in [-0.2, 0) is 16.0 Å². The van der Waals surface area contributed by atoms with Gasteiger partial charge in [0.25, 0.3) is 0 Å². The van der Waals surface area contributed by atoms with Gasteiger partial charge >= 0.3 is 5.97 Å². The third-order valence-electron chi connectivity index (χ3n) is 4.95. The summed E-state index contributed by atoms with van der Waals surface area (Å²) >= 11 is 0. The van der Waals surface area contributed by atoms with Gasteiger partial charge in [-0.1, -0.05) is 18.2 Å². The zero-order chi connectivity index (χ0) is 20.8. The number of nitrogens with zero attached hydrogens (tertiary/aromatic N) is 1. The number of rotatable bonds is 9. The molecule has 1 aliphatic rings. The Morgan fingerprint density at radius 3 is 2.41 bits per heavy atom. The van der Waals surface area contributed by atoms with Gasteiger partial charge in [-0.3, -0.25) is 9.59 Å². The monoisotopic (exact) mass is 397 g/mol. The molecule has 3 rings (SSSR count). The predicted molar refractivity (Wildman–Crippen MR) is 109 cm³/mol. The van der Waals surface area contributed by atoms with Crippen LogP contribution in [0.5, 0.6) is 11.5 Å². The van der Waals surface area contributed by atoms with Crippen molar-refractivity contribution in [1.29, 1.82) is 0 Å². The van der Waals surface area contributed by atoms with Crippen LogP contribution in [0, 0.1) is 19.8 Å². The van der Waals surface area contributed by atoms with Crippen LogP contribution in [0.3, 0.4) is 0 Å². The van der Waals surface area contributed by atoms with Crippen molar-refractivity contribution in [3.8, 4) is 11.5 Å². The maximum absolute atomic E-state index is 11.9. The van der Waals surface area contributed by atoms with Crippen molar-refractivity contribution in [2.45, 2.75) is 26.7 Å².